The highest BCUT2D eigenvalue weighted by atomic mass is 19.3. The number of rotatable bonds is 11. The molecule has 0 unspecified atom stereocenters. The van der Waals surface area contributed by atoms with Gasteiger partial charge in [-0.25, -0.2) is 9.78 Å². The molecule has 0 radical (unpaired) electrons. The van der Waals surface area contributed by atoms with Gasteiger partial charge < -0.3 is 35.6 Å². The second-order valence-corrected chi connectivity index (χ2v) is 10.2. The van der Waals surface area contributed by atoms with Crippen molar-refractivity contribution in [2.45, 2.75) is 56.5 Å². The summed E-state index contributed by atoms with van der Waals surface area (Å²) in [6.07, 6.45) is 6.26. The summed E-state index contributed by atoms with van der Waals surface area (Å²) in [7, 11) is 4.91. The Morgan fingerprint density at radius 3 is 2.48 bits per heavy atom. The lowest BCUT2D eigenvalue weighted by molar-refractivity contribution is -0.163. The standard InChI is InChI=1S/C27H37F2N7O4/c1-30-21-15-32-26(34-23(21)36(19-6-4-5-7-19)16-27(28,29)25(38)39)33-20-9-8-17(14-22(20)40-3)24(37)35(2)18-10-12-31-13-11-18/h8-9,14-15,18-19,30-31H,4-7,10-13,16H2,1-3H3,(H,38,39)(H,32,33,34). The number of nitrogens with one attached hydrogen (secondary N) is 3. The maximum atomic E-state index is 14.4. The number of alkyl halides is 2. The molecule has 11 nitrogen and oxygen atoms in total. The van der Waals surface area contributed by atoms with Crippen molar-refractivity contribution in [2.75, 3.05) is 56.4 Å². The molecule has 1 aliphatic heterocycles. The van der Waals surface area contributed by atoms with Gasteiger partial charge in [-0.3, -0.25) is 4.79 Å². The lowest BCUT2D eigenvalue weighted by Gasteiger charge is -2.33. The van der Waals surface area contributed by atoms with E-state index in [1.165, 1.54) is 18.2 Å². The summed E-state index contributed by atoms with van der Waals surface area (Å²) >= 11 is 0. The van der Waals surface area contributed by atoms with Crippen molar-refractivity contribution >= 4 is 35.0 Å². The molecule has 1 saturated heterocycles. The van der Waals surface area contributed by atoms with Gasteiger partial charge in [0, 0.05) is 31.7 Å². The zero-order valence-electron chi connectivity index (χ0n) is 23.0. The number of nitrogens with zero attached hydrogens (tertiary/aromatic N) is 4. The lowest BCUT2D eigenvalue weighted by Crippen LogP contribution is -2.47. The van der Waals surface area contributed by atoms with Crippen LogP contribution in [0.15, 0.2) is 24.4 Å². The predicted molar refractivity (Wildman–Crippen MR) is 148 cm³/mol. The van der Waals surface area contributed by atoms with Gasteiger partial charge in [0.1, 0.15) is 5.75 Å². The van der Waals surface area contributed by atoms with Crippen LogP contribution >= 0.6 is 0 Å². The summed E-state index contributed by atoms with van der Waals surface area (Å²) < 4.78 is 34.4. The molecule has 0 spiro atoms. The van der Waals surface area contributed by atoms with E-state index >= 15 is 0 Å². The van der Waals surface area contributed by atoms with E-state index in [0.29, 0.717) is 35.5 Å². The van der Waals surface area contributed by atoms with Gasteiger partial charge in [0.05, 0.1) is 31.2 Å². The van der Waals surface area contributed by atoms with Gasteiger partial charge >= 0.3 is 11.9 Å². The van der Waals surface area contributed by atoms with Crippen molar-refractivity contribution in [3.8, 4) is 5.75 Å². The van der Waals surface area contributed by atoms with E-state index in [1.807, 2.05) is 0 Å². The molecule has 4 rings (SSSR count). The van der Waals surface area contributed by atoms with Crippen LogP contribution in [0, 0.1) is 0 Å². The number of hydrogen-bond donors (Lipinski definition) is 4. The third-order valence-electron chi connectivity index (χ3n) is 7.63. The molecular formula is C27H37F2N7O4. The highest BCUT2D eigenvalue weighted by molar-refractivity contribution is 5.95. The minimum absolute atomic E-state index is 0.111. The molecular weight excluding hydrogens is 524 g/mol. The van der Waals surface area contributed by atoms with E-state index in [0.717, 1.165) is 38.8 Å². The van der Waals surface area contributed by atoms with Gasteiger partial charge in [-0.2, -0.15) is 13.8 Å². The maximum absolute atomic E-state index is 14.4. The number of piperidine rings is 1. The number of carbonyl (C=O) groups excluding carboxylic acids is 1. The first-order valence-electron chi connectivity index (χ1n) is 13.5. The van der Waals surface area contributed by atoms with Gasteiger partial charge in [-0.15, -0.1) is 0 Å². The van der Waals surface area contributed by atoms with Crippen LogP contribution in [-0.4, -0.2) is 90.7 Å². The van der Waals surface area contributed by atoms with Crippen molar-refractivity contribution in [2.24, 2.45) is 0 Å². The minimum atomic E-state index is -3.96. The molecule has 0 atom stereocenters. The minimum Gasteiger partial charge on any atom is -0.495 e. The first-order chi connectivity index (χ1) is 19.1. The van der Waals surface area contributed by atoms with Crippen molar-refractivity contribution in [3.05, 3.63) is 30.0 Å². The van der Waals surface area contributed by atoms with E-state index in [-0.39, 0.29) is 29.8 Å². The summed E-state index contributed by atoms with van der Waals surface area (Å²) in [6, 6.07) is 4.89. The molecule has 0 bridgehead atoms. The highest BCUT2D eigenvalue weighted by Gasteiger charge is 2.43. The molecule has 1 amide bonds. The molecule has 1 aliphatic carbocycles. The number of ether oxygens (including phenoxy) is 1. The number of aliphatic carboxylic acids is 1. The van der Waals surface area contributed by atoms with Crippen LogP contribution in [0.2, 0.25) is 0 Å². The van der Waals surface area contributed by atoms with Crippen LogP contribution in [0.5, 0.6) is 5.75 Å². The topological polar surface area (TPSA) is 132 Å². The quantitative estimate of drug-likeness (QED) is 0.323. The molecule has 2 fully saturated rings. The van der Waals surface area contributed by atoms with E-state index in [2.05, 4.69) is 25.9 Å². The molecule has 2 aliphatic rings. The number of halogens is 2. The largest absolute Gasteiger partial charge is 0.495 e. The summed E-state index contributed by atoms with van der Waals surface area (Å²) in [4.78, 5) is 36.4. The smallest absolute Gasteiger partial charge is 0.376 e. The second-order valence-electron chi connectivity index (χ2n) is 10.2. The molecule has 218 valence electrons. The fourth-order valence-electron chi connectivity index (χ4n) is 5.31. The second kappa shape index (κ2) is 12.6. The van der Waals surface area contributed by atoms with Gasteiger partial charge in [-0.1, -0.05) is 12.8 Å². The average Bonchev–Trinajstić information content (AvgIpc) is 3.50. The Hall–Kier alpha value is -3.74. The molecule has 2 aromatic rings. The molecule has 1 saturated carbocycles. The van der Waals surface area contributed by atoms with Gasteiger partial charge in [-0.05, 0) is 57.0 Å². The normalized spacial score (nSPS) is 16.4. The summed E-state index contributed by atoms with van der Waals surface area (Å²) in [5.41, 5.74) is 1.35. The summed E-state index contributed by atoms with van der Waals surface area (Å²) in [5, 5.41) is 18.4. The Balaban J connectivity index is 1.60. The number of benzene rings is 1. The van der Waals surface area contributed by atoms with E-state index in [4.69, 9.17) is 9.84 Å². The highest BCUT2D eigenvalue weighted by Crippen LogP contribution is 2.35. The number of anilines is 4. The predicted octanol–water partition coefficient (Wildman–Crippen LogP) is 3.56. The Morgan fingerprint density at radius 2 is 1.85 bits per heavy atom. The van der Waals surface area contributed by atoms with Crippen LogP contribution < -0.4 is 25.6 Å². The number of hydrogen-bond acceptors (Lipinski definition) is 9. The molecule has 40 heavy (non-hydrogen) atoms. The van der Waals surface area contributed by atoms with Gasteiger partial charge in [0.15, 0.2) is 5.82 Å². The van der Waals surface area contributed by atoms with Crippen LogP contribution in [0.4, 0.5) is 31.9 Å². The summed E-state index contributed by atoms with van der Waals surface area (Å²) in [5.74, 6) is -5.57. The molecule has 13 heteroatoms. The van der Waals surface area contributed by atoms with Crippen molar-refractivity contribution in [3.63, 3.8) is 0 Å². The fourth-order valence-corrected chi connectivity index (χ4v) is 5.31. The Labute approximate surface area is 232 Å². The SMILES string of the molecule is CNc1cnc(Nc2ccc(C(=O)N(C)C3CCNCC3)cc2OC)nc1N(CC(F)(F)C(=O)O)C1CCCC1. The van der Waals surface area contributed by atoms with Gasteiger partial charge in [0.2, 0.25) is 5.95 Å². The monoisotopic (exact) mass is 561 g/mol. The number of methoxy groups -OCH3 is 1. The van der Waals surface area contributed by atoms with Crippen molar-refractivity contribution < 1.29 is 28.2 Å². The van der Waals surface area contributed by atoms with E-state index < -0.39 is 18.4 Å². The van der Waals surface area contributed by atoms with Crippen LogP contribution in [0.3, 0.4) is 0 Å². The van der Waals surface area contributed by atoms with Crippen molar-refractivity contribution in [1.29, 1.82) is 0 Å². The zero-order chi connectivity index (χ0) is 28.9. The zero-order valence-corrected chi connectivity index (χ0v) is 23.0. The number of carboxylic acids is 1. The average molecular weight is 562 g/mol. The first-order valence-corrected chi connectivity index (χ1v) is 13.5. The number of aromatic nitrogens is 2. The van der Waals surface area contributed by atoms with Gasteiger partial charge in [0.25, 0.3) is 5.91 Å². The fraction of sp³-hybridized carbons (Fsp3) is 0.556. The first kappa shape index (κ1) is 29.2. The third-order valence-corrected chi connectivity index (χ3v) is 7.63. The lowest BCUT2D eigenvalue weighted by atomic mass is 10.0. The summed E-state index contributed by atoms with van der Waals surface area (Å²) in [6.45, 7) is 0.729. The maximum Gasteiger partial charge on any atom is 0.376 e. The van der Waals surface area contributed by atoms with Crippen LogP contribution in [0.1, 0.15) is 48.9 Å². The van der Waals surface area contributed by atoms with Crippen LogP contribution in [-0.2, 0) is 4.79 Å². The van der Waals surface area contributed by atoms with Crippen molar-refractivity contribution in [1.82, 2.24) is 20.2 Å². The number of carboxylic acid groups (broad SMARTS) is 1. The Bertz CT molecular complexity index is 1200. The van der Waals surface area contributed by atoms with E-state index in [1.54, 1.807) is 37.2 Å². The number of carbonyl (C=O) groups is 2. The molecule has 1 aromatic carbocycles. The molecule has 4 N–H and O–H groups in total. The Morgan fingerprint density at radius 1 is 1.15 bits per heavy atom. The molecule has 1 aromatic heterocycles. The molecule has 2 heterocycles. The van der Waals surface area contributed by atoms with E-state index in [9.17, 15) is 18.4 Å². The number of amides is 1. The van der Waals surface area contributed by atoms with Crippen LogP contribution in [0.25, 0.3) is 0 Å². The Kier molecular flexibility index (Phi) is 9.23. The third kappa shape index (κ3) is 6.52.